The summed E-state index contributed by atoms with van der Waals surface area (Å²) < 4.78 is 21.6. The van der Waals surface area contributed by atoms with E-state index in [4.69, 9.17) is 4.74 Å². The number of nitrogens with one attached hydrogen (secondary N) is 1. The first kappa shape index (κ1) is 18.4. The van der Waals surface area contributed by atoms with E-state index in [0.29, 0.717) is 5.75 Å². The minimum atomic E-state index is -0.588. The Bertz CT molecular complexity index is 1250. The quantitative estimate of drug-likeness (QED) is 0.563. The molecule has 2 aromatic heterocycles. The molecule has 9 heteroatoms. The van der Waals surface area contributed by atoms with Gasteiger partial charge in [0.25, 0.3) is 5.88 Å². The molecule has 0 aliphatic rings. The van der Waals surface area contributed by atoms with Crippen LogP contribution in [0.1, 0.15) is 5.56 Å². The molecule has 29 heavy (non-hydrogen) atoms. The van der Waals surface area contributed by atoms with Gasteiger partial charge in [-0.05, 0) is 31.2 Å². The Morgan fingerprint density at radius 3 is 2.69 bits per heavy atom. The van der Waals surface area contributed by atoms with Crippen LogP contribution in [0.15, 0.2) is 65.7 Å². The molecular formula is C20H16FN5O3. The molecule has 0 saturated carbocycles. The molecule has 8 nitrogen and oxygen atoms in total. The summed E-state index contributed by atoms with van der Waals surface area (Å²) in [5.41, 5.74) is 0.723. The lowest BCUT2D eigenvalue weighted by atomic mass is 10.2. The minimum absolute atomic E-state index is 0.0272. The van der Waals surface area contributed by atoms with E-state index in [1.54, 1.807) is 18.2 Å². The number of fused-ring (bicyclic) bond motifs is 1. The summed E-state index contributed by atoms with van der Waals surface area (Å²) in [6, 6.07) is 13.1. The lowest BCUT2D eigenvalue weighted by molar-refractivity contribution is -0.117. The number of carbonyl (C=O) groups is 1. The Labute approximate surface area is 164 Å². The number of aromatic nitrogens is 4. The van der Waals surface area contributed by atoms with E-state index >= 15 is 0 Å². The van der Waals surface area contributed by atoms with E-state index in [9.17, 15) is 14.0 Å². The SMILES string of the molecule is Cc1ccc(Oc2nccn3c(=O)n(CC(=O)Nc4ccccc4F)nc23)cc1. The molecule has 0 spiro atoms. The van der Waals surface area contributed by atoms with Crippen LogP contribution >= 0.6 is 0 Å². The van der Waals surface area contributed by atoms with Gasteiger partial charge in [0.2, 0.25) is 11.6 Å². The molecule has 1 N–H and O–H groups in total. The first-order valence-electron chi connectivity index (χ1n) is 8.74. The molecule has 4 rings (SSSR count). The summed E-state index contributed by atoms with van der Waals surface area (Å²) in [5, 5.41) is 6.58. The number of hydrogen-bond acceptors (Lipinski definition) is 5. The molecule has 0 radical (unpaired) electrons. The monoisotopic (exact) mass is 393 g/mol. The molecule has 2 aromatic carbocycles. The van der Waals surface area contributed by atoms with Gasteiger partial charge in [-0.3, -0.25) is 4.79 Å². The second-order valence-corrected chi connectivity index (χ2v) is 6.31. The van der Waals surface area contributed by atoms with Gasteiger partial charge in [-0.1, -0.05) is 29.8 Å². The molecule has 146 valence electrons. The Morgan fingerprint density at radius 1 is 1.17 bits per heavy atom. The molecular weight excluding hydrogens is 377 g/mol. The average Bonchev–Trinajstić information content (AvgIpc) is 3.02. The van der Waals surface area contributed by atoms with Crippen molar-refractivity contribution in [3.05, 3.63) is 82.8 Å². The van der Waals surface area contributed by atoms with Gasteiger partial charge in [0, 0.05) is 12.4 Å². The van der Waals surface area contributed by atoms with E-state index in [1.165, 1.54) is 35.0 Å². The van der Waals surface area contributed by atoms with Crippen molar-refractivity contribution in [3.8, 4) is 11.6 Å². The molecule has 2 heterocycles. The number of halogens is 1. The standard InChI is InChI=1S/C20H16FN5O3/c1-13-6-8-14(9-7-13)29-19-18-24-26(20(28)25(18)11-10-22-19)12-17(27)23-16-5-3-2-4-15(16)21/h2-11H,12H2,1H3,(H,23,27). The van der Waals surface area contributed by atoms with E-state index in [2.05, 4.69) is 15.4 Å². The van der Waals surface area contributed by atoms with Crippen LogP contribution in [-0.4, -0.2) is 25.1 Å². The molecule has 0 fully saturated rings. The highest BCUT2D eigenvalue weighted by Gasteiger charge is 2.16. The van der Waals surface area contributed by atoms with Gasteiger partial charge >= 0.3 is 5.69 Å². The second kappa shape index (κ2) is 7.55. The third-order valence-electron chi connectivity index (χ3n) is 4.15. The Hall–Kier alpha value is -4.01. The van der Waals surface area contributed by atoms with Crippen LogP contribution in [0, 0.1) is 12.7 Å². The normalized spacial score (nSPS) is 10.8. The number of amides is 1. The highest BCUT2D eigenvalue weighted by atomic mass is 19.1. The van der Waals surface area contributed by atoms with Crippen molar-refractivity contribution < 1.29 is 13.9 Å². The molecule has 0 atom stereocenters. The number of para-hydroxylation sites is 1. The summed E-state index contributed by atoms with van der Waals surface area (Å²) in [7, 11) is 0. The summed E-state index contributed by atoms with van der Waals surface area (Å²) >= 11 is 0. The Balaban J connectivity index is 1.60. The third kappa shape index (κ3) is 3.84. The fourth-order valence-electron chi connectivity index (χ4n) is 2.71. The number of anilines is 1. The van der Waals surface area contributed by atoms with Crippen molar-refractivity contribution in [2.24, 2.45) is 0 Å². The van der Waals surface area contributed by atoms with Crippen molar-refractivity contribution in [2.75, 3.05) is 5.32 Å². The van der Waals surface area contributed by atoms with Crippen LogP contribution in [0.5, 0.6) is 11.6 Å². The van der Waals surface area contributed by atoms with Crippen molar-refractivity contribution in [1.82, 2.24) is 19.2 Å². The maximum absolute atomic E-state index is 13.7. The zero-order valence-corrected chi connectivity index (χ0v) is 15.4. The predicted molar refractivity (Wildman–Crippen MR) is 104 cm³/mol. The number of benzene rings is 2. The fraction of sp³-hybridized carbons (Fsp3) is 0.100. The van der Waals surface area contributed by atoms with Crippen LogP contribution in [0.2, 0.25) is 0 Å². The first-order valence-corrected chi connectivity index (χ1v) is 8.74. The number of hydrogen-bond donors (Lipinski definition) is 1. The summed E-state index contributed by atoms with van der Waals surface area (Å²) in [6.07, 6.45) is 2.83. The highest BCUT2D eigenvalue weighted by molar-refractivity contribution is 5.90. The molecule has 1 amide bonds. The smallest absolute Gasteiger partial charge is 0.351 e. The number of rotatable bonds is 5. The van der Waals surface area contributed by atoms with Crippen LogP contribution < -0.4 is 15.7 Å². The molecule has 0 aliphatic heterocycles. The summed E-state index contributed by atoms with van der Waals surface area (Å²) in [4.78, 5) is 28.9. The summed E-state index contributed by atoms with van der Waals surface area (Å²) in [6.45, 7) is 1.56. The summed E-state index contributed by atoms with van der Waals surface area (Å²) in [5.74, 6) is -0.493. The van der Waals surface area contributed by atoms with Gasteiger partial charge in [-0.15, -0.1) is 5.10 Å². The van der Waals surface area contributed by atoms with Gasteiger partial charge in [0.05, 0.1) is 5.69 Å². The third-order valence-corrected chi connectivity index (χ3v) is 4.15. The van der Waals surface area contributed by atoms with Crippen molar-refractivity contribution in [2.45, 2.75) is 13.5 Å². The molecule has 0 saturated heterocycles. The van der Waals surface area contributed by atoms with E-state index < -0.39 is 24.0 Å². The van der Waals surface area contributed by atoms with E-state index in [0.717, 1.165) is 10.2 Å². The van der Waals surface area contributed by atoms with Crippen LogP contribution in [0.3, 0.4) is 0 Å². The largest absolute Gasteiger partial charge is 0.436 e. The zero-order chi connectivity index (χ0) is 20.4. The van der Waals surface area contributed by atoms with Crippen LogP contribution in [-0.2, 0) is 11.3 Å². The van der Waals surface area contributed by atoms with Gasteiger partial charge < -0.3 is 10.1 Å². The Morgan fingerprint density at radius 2 is 1.93 bits per heavy atom. The predicted octanol–water partition coefficient (Wildman–Crippen LogP) is 2.77. The number of nitrogens with zero attached hydrogens (tertiary/aromatic N) is 4. The Kier molecular flexibility index (Phi) is 4.78. The maximum atomic E-state index is 13.7. The molecule has 0 unspecified atom stereocenters. The lowest BCUT2D eigenvalue weighted by Crippen LogP contribution is -2.28. The van der Waals surface area contributed by atoms with Crippen LogP contribution in [0.4, 0.5) is 10.1 Å². The number of ether oxygens (including phenoxy) is 1. The molecule has 4 aromatic rings. The van der Waals surface area contributed by atoms with Crippen molar-refractivity contribution in [1.29, 1.82) is 0 Å². The fourth-order valence-corrected chi connectivity index (χ4v) is 2.71. The molecule has 0 bridgehead atoms. The average molecular weight is 393 g/mol. The topological polar surface area (TPSA) is 90.5 Å². The van der Waals surface area contributed by atoms with Crippen molar-refractivity contribution >= 4 is 17.2 Å². The first-order chi connectivity index (χ1) is 14.0. The highest BCUT2D eigenvalue weighted by Crippen LogP contribution is 2.22. The van der Waals surface area contributed by atoms with Crippen LogP contribution in [0.25, 0.3) is 5.65 Å². The minimum Gasteiger partial charge on any atom is -0.436 e. The number of aryl methyl sites for hydroxylation is 1. The maximum Gasteiger partial charge on any atom is 0.351 e. The van der Waals surface area contributed by atoms with Crippen molar-refractivity contribution in [3.63, 3.8) is 0 Å². The molecule has 0 aliphatic carbocycles. The second-order valence-electron chi connectivity index (χ2n) is 6.31. The zero-order valence-electron chi connectivity index (χ0n) is 15.4. The van der Waals surface area contributed by atoms with E-state index in [-0.39, 0.29) is 17.2 Å². The lowest BCUT2D eigenvalue weighted by Gasteiger charge is -2.05. The van der Waals surface area contributed by atoms with Gasteiger partial charge in [-0.25, -0.2) is 23.3 Å². The number of carbonyl (C=O) groups excluding carboxylic acids is 1. The van der Waals surface area contributed by atoms with Gasteiger partial charge in [0.15, 0.2) is 0 Å². The van der Waals surface area contributed by atoms with E-state index in [1.807, 2.05) is 19.1 Å². The van der Waals surface area contributed by atoms with Gasteiger partial charge in [0.1, 0.15) is 18.1 Å². The van der Waals surface area contributed by atoms with Gasteiger partial charge in [-0.2, -0.15) is 0 Å².